The van der Waals surface area contributed by atoms with Gasteiger partial charge in [-0.05, 0) is 17.7 Å². The molecule has 1 aliphatic heterocycles. The molecule has 0 saturated carbocycles. The fourth-order valence-electron chi connectivity index (χ4n) is 1.58. The van der Waals surface area contributed by atoms with Crippen LogP contribution in [0.25, 0.3) is 0 Å². The minimum absolute atomic E-state index is 0.0460. The summed E-state index contributed by atoms with van der Waals surface area (Å²) in [6, 6.07) is 7.27. The summed E-state index contributed by atoms with van der Waals surface area (Å²) in [5.41, 5.74) is 1.67. The molecule has 0 fully saturated rings. The highest BCUT2D eigenvalue weighted by Crippen LogP contribution is 2.10. The molecule has 0 bridgehead atoms. The number of aliphatic imine (C=N–C) groups is 1. The fraction of sp³-hybridized carbons (Fsp3) is 0.333. The number of hydrogen-bond donors (Lipinski definition) is 2. The Morgan fingerprint density at radius 1 is 1.41 bits per heavy atom. The van der Waals surface area contributed by atoms with Crippen molar-refractivity contribution in [1.29, 1.82) is 0 Å². The van der Waals surface area contributed by atoms with Crippen molar-refractivity contribution in [3.63, 3.8) is 0 Å². The third-order valence-electron chi connectivity index (χ3n) is 2.37. The Kier molecular flexibility index (Phi) is 3.72. The van der Waals surface area contributed by atoms with E-state index in [0.717, 1.165) is 17.1 Å². The molecule has 1 aromatic carbocycles. The molecule has 1 aliphatic rings. The lowest BCUT2D eigenvalue weighted by molar-refractivity contribution is -0.136. The lowest BCUT2D eigenvalue weighted by Gasteiger charge is -2.14. The molecule has 90 valence electrons. The van der Waals surface area contributed by atoms with Crippen molar-refractivity contribution in [1.82, 2.24) is 0 Å². The largest absolute Gasteiger partial charge is 0.481 e. The summed E-state index contributed by atoms with van der Waals surface area (Å²) in [7, 11) is 0. The molecule has 0 amide bonds. The third-order valence-corrected chi connectivity index (χ3v) is 2.37. The van der Waals surface area contributed by atoms with E-state index in [1.807, 2.05) is 12.1 Å². The summed E-state index contributed by atoms with van der Waals surface area (Å²) in [5, 5.41) is 11.8. The SMILES string of the molecule is O=C(O)Cc1ccc(NC2=NCCOC2)cc1. The number of carbonyl (C=O) groups is 1. The maximum absolute atomic E-state index is 10.5. The molecular weight excluding hydrogens is 220 g/mol. The average molecular weight is 234 g/mol. The monoisotopic (exact) mass is 234 g/mol. The standard InChI is InChI=1S/C12H14N2O3/c15-12(16)7-9-1-3-10(4-2-9)14-11-8-17-6-5-13-11/h1-4H,5-8H2,(H,13,14)(H,15,16). The van der Waals surface area contributed by atoms with Crippen molar-refractivity contribution in [3.8, 4) is 0 Å². The van der Waals surface area contributed by atoms with Crippen LogP contribution in [0.5, 0.6) is 0 Å². The van der Waals surface area contributed by atoms with E-state index in [1.54, 1.807) is 12.1 Å². The Morgan fingerprint density at radius 3 is 2.76 bits per heavy atom. The number of ether oxygens (including phenoxy) is 1. The van der Waals surface area contributed by atoms with Gasteiger partial charge in [-0.2, -0.15) is 0 Å². The van der Waals surface area contributed by atoms with Crippen molar-refractivity contribution in [2.24, 2.45) is 4.99 Å². The van der Waals surface area contributed by atoms with Gasteiger partial charge in [-0.15, -0.1) is 0 Å². The molecule has 17 heavy (non-hydrogen) atoms. The van der Waals surface area contributed by atoms with Gasteiger partial charge < -0.3 is 15.2 Å². The maximum Gasteiger partial charge on any atom is 0.307 e. The highest BCUT2D eigenvalue weighted by atomic mass is 16.5. The van der Waals surface area contributed by atoms with Gasteiger partial charge in [-0.25, -0.2) is 0 Å². The Hall–Kier alpha value is -1.88. The van der Waals surface area contributed by atoms with Crippen LogP contribution in [0.4, 0.5) is 5.69 Å². The molecule has 0 radical (unpaired) electrons. The van der Waals surface area contributed by atoms with E-state index in [4.69, 9.17) is 9.84 Å². The van der Waals surface area contributed by atoms with Gasteiger partial charge in [-0.1, -0.05) is 12.1 Å². The normalized spacial score (nSPS) is 15.2. The first-order valence-corrected chi connectivity index (χ1v) is 5.43. The van der Waals surface area contributed by atoms with Gasteiger partial charge in [0.1, 0.15) is 12.4 Å². The molecule has 0 atom stereocenters. The second kappa shape index (κ2) is 5.45. The lowest BCUT2D eigenvalue weighted by Crippen LogP contribution is -2.24. The number of nitrogens with one attached hydrogen (secondary N) is 1. The topological polar surface area (TPSA) is 70.9 Å². The number of anilines is 1. The van der Waals surface area contributed by atoms with Crippen LogP contribution < -0.4 is 5.32 Å². The van der Waals surface area contributed by atoms with Crippen LogP contribution in [-0.4, -0.2) is 36.7 Å². The van der Waals surface area contributed by atoms with E-state index < -0.39 is 5.97 Å². The molecule has 0 saturated heterocycles. The second-order valence-corrected chi connectivity index (χ2v) is 3.77. The molecule has 1 aromatic rings. The first-order chi connectivity index (χ1) is 8.24. The summed E-state index contributed by atoms with van der Waals surface area (Å²) in [6.45, 7) is 1.85. The van der Waals surface area contributed by atoms with Crippen LogP contribution in [0.1, 0.15) is 5.56 Å². The highest BCUT2D eigenvalue weighted by molar-refractivity contribution is 5.96. The van der Waals surface area contributed by atoms with Gasteiger partial charge in [0, 0.05) is 5.69 Å². The number of aliphatic carboxylic acids is 1. The van der Waals surface area contributed by atoms with Gasteiger partial charge in [0.2, 0.25) is 0 Å². The first kappa shape index (κ1) is 11.6. The van der Waals surface area contributed by atoms with Gasteiger partial charge in [0.05, 0.1) is 19.6 Å². The number of carboxylic acid groups (broad SMARTS) is 1. The summed E-state index contributed by atoms with van der Waals surface area (Å²) in [6.07, 6.45) is 0.0460. The van der Waals surface area contributed by atoms with Crippen molar-refractivity contribution in [2.75, 3.05) is 25.1 Å². The summed E-state index contributed by atoms with van der Waals surface area (Å²) >= 11 is 0. The molecule has 0 spiro atoms. The average Bonchev–Trinajstić information content (AvgIpc) is 2.32. The van der Waals surface area contributed by atoms with Gasteiger partial charge in [0.25, 0.3) is 0 Å². The summed E-state index contributed by atoms with van der Waals surface area (Å²) in [5.74, 6) is -0.0157. The molecule has 0 aromatic heterocycles. The Balaban J connectivity index is 1.97. The quantitative estimate of drug-likeness (QED) is 0.823. The number of hydrogen-bond acceptors (Lipinski definition) is 4. The van der Waals surface area contributed by atoms with Crippen molar-refractivity contribution >= 4 is 17.5 Å². The van der Waals surface area contributed by atoms with E-state index in [0.29, 0.717) is 19.8 Å². The zero-order chi connectivity index (χ0) is 12.1. The molecule has 5 nitrogen and oxygen atoms in total. The molecule has 0 aliphatic carbocycles. The highest BCUT2D eigenvalue weighted by Gasteiger charge is 2.05. The number of benzene rings is 1. The second-order valence-electron chi connectivity index (χ2n) is 3.77. The predicted octanol–water partition coefficient (Wildman–Crippen LogP) is 1.15. The van der Waals surface area contributed by atoms with Crippen LogP contribution in [0, 0.1) is 0 Å². The maximum atomic E-state index is 10.5. The number of carboxylic acids is 1. The molecule has 0 unspecified atom stereocenters. The molecular formula is C12H14N2O3. The molecule has 2 rings (SSSR count). The van der Waals surface area contributed by atoms with Crippen LogP contribution in [0.2, 0.25) is 0 Å². The molecule has 5 heteroatoms. The van der Waals surface area contributed by atoms with Crippen LogP contribution in [0.15, 0.2) is 29.3 Å². The van der Waals surface area contributed by atoms with E-state index in [1.165, 1.54) is 0 Å². The zero-order valence-electron chi connectivity index (χ0n) is 9.35. The van der Waals surface area contributed by atoms with Crippen molar-refractivity contribution in [3.05, 3.63) is 29.8 Å². The predicted molar refractivity (Wildman–Crippen MR) is 64.5 cm³/mol. The van der Waals surface area contributed by atoms with E-state index in [-0.39, 0.29) is 6.42 Å². The minimum Gasteiger partial charge on any atom is -0.481 e. The zero-order valence-corrected chi connectivity index (χ0v) is 9.35. The van der Waals surface area contributed by atoms with E-state index in [9.17, 15) is 4.79 Å². The van der Waals surface area contributed by atoms with Crippen molar-refractivity contribution < 1.29 is 14.6 Å². The summed E-state index contributed by atoms with van der Waals surface area (Å²) < 4.78 is 5.26. The fourth-order valence-corrected chi connectivity index (χ4v) is 1.58. The van der Waals surface area contributed by atoms with E-state index in [2.05, 4.69) is 10.3 Å². The van der Waals surface area contributed by atoms with Crippen molar-refractivity contribution in [2.45, 2.75) is 6.42 Å². The lowest BCUT2D eigenvalue weighted by atomic mass is 10.1. The van der Waals surface area contributed by atoms with Crippen LogP contribution in [-0.2, 0) is 16.0 Å². The first-order valence-electron chi connectivity index (χ1n) is 5.43. The number of amidine groups is 1. The number of nitrogens with zero attached hydrogens (tertiary/aromatic N) is 1. The van der Waals surface area contributed by atoms with Gasteiger partial charge >= 0.3 is 5.97 Å². The molecule has 1 heterocycles. The van der Waals surface area contributed by atoms with Gasteiger partial charge in [-0.3, -0.25) is 9.79 Å². The number of rotatable bonds is 3. The van der Waals surface area contributed by atoms with Crippen LogP contribution >= 0.6 is 0 Å². The Labute approximate surface area is 99.1 Å². The summed E-state index contributed by atoms with van der Waals surface area (Å²) in [4.78, 5) is 14.8. The molecule has 2 N–H and O–H groups in total. The van der Waals surface area contributed by atoms with Gasteiger partial charge in [0.15, 0.2) is 0 Å². The van der Waals surface area contributed by atoms with Crippen LogP contribution in [0.3, 0.4) is 0 Å². The Morgan fingerprint density at radius 2 is 2.18 bits per heavy atom. The smallest absolute Gasteiger partial charge is 0.307 e. The van der Waals surface area contributed by atoms with E-state index >= 15 is 0 Å². The Bertz CT molecular complexity index is 426. The third kappa shape index (κ3) is 3.57. The minimum atomic E-state index is -0.823.